The van der Waals surface area contributed by atoms with Gasteiger partial charge >= 0.3 is 0 Å². The fourth-order valence-corrected chi connectivity index (χ4v) is 1.97. The number of aryl methyl sites for hydroxylation is 1. The van der Waals surface area contributed by atoms with Crippen LogP contribution in [0.5, 0.6) is 5.75 Å². The lowest BCUT2D eigenvalue weighted by Gasteiger charge is -2.10. The largest absolute Gasteiger partial charge is 0.482 e. The molecule has 0 atom stereocenters. The Balaban J connectivity index is 1.97. The predicted octanol–water partition coefficient (Wildman–Crippen LogP) is 4.46. The van der Waals surface area contributed by atoms with Crippen LogP contribution >= 0.6 is 23.2 Å². The minimum atomic E-state index is -0.496. The summed E-state index contributed by atoms with van der Waals surface area (Å²) in [4.78, 5) is 11.7. The Morgan fingerprint density at radius 2 is 2.00 bits per heavy atom. The van der Waals surface area contributed by atoms with Crippen molar-refractivity contribution in [2.75, 3.05) is 11.9 Å². The molecule has 0 heterocycles. The van der Waals surface area contributed by atoms with E-state index in [-0.39, 0.29) is 12.3 Å². The lowest BCUT2D eigenvalue weighted by atomic mass is 10.2. The molecule has 2 aromatic carbocycles. The van der Waals surface area contributed by atoms with E-state index in [1.165, 1.54) is 18.2 Å². The van der Waals surface area contributed by atoms with Crippen molar-refractivity contribution in [3.63, 3.8) is 0 Å². The molecule has 6 heteroatoms. The zero-order valence-corrected chi connectivity index (χ0v) is 12.6. The Kier molecular flexibility index (Phi) is 5.04. The number of ether oxygens (including phenoxy) is 1. The molecule has 0 spiro atoms. The van der Waals surface area contributed by atoms with E-state index in [1.54, 1.807) is 25.1 Å². The van der Waals surface area contributed by atoms with Crippen LogP contribution in [0.25, 0.3) is 0 Å². The average Bonchev–Trinajstić information content (AvgIpc) is 2.43. The third-order valence-corrected chi connectivity index (χ3v) is 3.20. The number of hydrogen-bond donors (Lipinski definition) is 1. The van der Waals surface area contributed by atoms with E-state index >= 15 is 0 Å². The standard InChI is InChI=1S/C15H12Cl2FNO2/c1-9-2-5-13(12(18)6-9)19-15(20)8-21-14-7-10(16)3-4-11(14)17/h2-7H,8H2,1H3,(H,19,20). The van der Waals surface area contributed by atoms with Crippen molar-refractivity contribution in [3.8, 4) is 5.75 Å². The molecule has 3 nitrogen and oxygen atoms in total. The van der Waals surface area contributed by atoms with Crippen molar-refractivity contribution in [2.24, 2.45) is 0 Å². The first-order chi connectivity index (χ1) is 9.95. The first-order valence-corrected chi connectivity index (χ1v) is 6.85. The fourth-order valence-electron chi connectivity index (χ4n) is 1.64. The van der Waals surface area contributed by atoms with Crippen molar-refractivity contribution < 1.29 is 13.9 Å². The van der Waals surface area contributed by atoms with E-state index in [0.717, 1.165) is 5.56 Å². The first kappa shape index (κ1) is 15.6. The van der Waals surface area contributed by atoms with E-state index in [9.17, 15) is 9.18 Å². The highest BCUT2D eigenvalue weighted by molar-refractivity contribution is 6.34. The maximum atomic E-state index is 13.6. The van der Waals surface area contributed by atoms with Crippen LogP contribution in [0.3, 0.4) is 0 Å². The van der Waals surface area contributed by atoms with E-state index < -0.39 is 11.7 Å². The molecule has 0 fully saturated rings. The Bertz CT molecular complexity index is 677. The van der Waals surface area contributed by atoms with Gasteiger partial charge in [0.1, 0.15) is 11.6 Å². The number of amides is 1. The Morgan fingerprint density at radius 1 is 1.24 bits per heavy atom. The van der Waals surface area contributed by atoms with Gasteiger partial charge in [-0.3, -0.25) is 4.79 Å². The lowest BCUT2D eigenvalue weighted by molar-refractivity contribution is -0.118. The molecule has 1 N–H and O–H groups in total. The number of rotatable bonds is 4. The summed E-state index contributed by atoms with van der Waals surface area (Å²) in [5.74, 6) is -0.693. The highest BCUT2D eigenvalue weighted by Crippen LogP contribution is 2.27. The molecule has 0 aliphatic rings. The first-order valence-electron chi connectivity index (χ1n) is 6.09. The topological polar surface area (TPSA) is 38.3 Å². The summed E-state index contributed by atoms with van der Waals surface area (Å²) in [5, 5.41) is 3.21. The molecular formula is C15H12Cl2FNO2. The minimum absolute atomic E-state index is 0.103. The molecule has 0 unspecified atom stereocenters. The van der Waals surface area contributed by atoms with E-state index in [2.05, 4.69) is 5.32 Å². The van der Waals surface area contributed by atoms with Crippen molar-refractivity contribution in [1.82, 2.24) is 0 Å². The summed E-state index contributed by atoms with van der Waals surface area (Å²) in [6.07, 6.45) is 0. The Labute approximate surface area is 131 Å². The third-order valence-electron chi connectivity index (χ3n) is 2.65. The summed E-state index contributed by atoms with van der Waals surface area (Å²) >= 11 is 11.7. The maximum absolute atomic E-state index is 13.6. The van der Waals surface area contributed by atoms with Crippen molar-refractivity contribution in [1.29, 1.82) is 0 Å². The predicted molar refractivity (Wildman–Crippen MR) is 81.7 cm³/mol. The van der Waals surface area contributed by atoms with Crippen LogP contribution in [0.4, 0.5) is 10.1 Å². The van der Waals surface area contributed by atoms with Crippen LogP contribution in [-0.2, 0) is 4.79 Å². The van der Waals surface area contributed by atoms with Crippen molar-refractivity contribution in [3.05, 3.63) is 57.8 Å². The quantitative estimate of drug-likeness (QED) is 0.900. The number of hydrogen-bond acceptors (Lipinski definition) is 2. The van der Waals surface area contributed by atoms with Crippen LogP contribution in [-0.4, -0.2) is 12.5 Å². The van der Waals surface area contributed by atoms with Gasteiger partial charge in [-0.25, -0.2) is 4.39 Å². The number of carbonyl (C=O) groups excluding carboxylic acids is 1. The van der Waals surface area contributed by atoms with Crippen LogP contribution in [0.1, 0.15) is 5.56 Å². The molecule has 1 amide bonds. The molecule has 21 heavy (non-hydrogen) atoms. The number of carbonyl (C=O) groups is 1. The summed E-state index contributed by atoms with van der Waals surface area (Å²) < 4.78 is 18.9. The number of benzene rings is 2. The van der Waals surface area contributed by atoms with Crippen molar-refractivity contribution >= 4 is 34.8 Å². The highest BCUT2D eigenvalue weighted by Gasteiger charge is 2.09. The molecule has 0 bridgehead atoms. The molecule has 110 valence electrons. The SMILES string of the molecule is Cc1ccc(NC(=O)COc2cc(Cl)ccc2Cl)c(F)c1. The molecule has 0 aliphatic carbocycles. The molecule has 0 radical (unpaired) electrons. The smallest absolute Gasteiger partial charge is 0.262 e. The monoisotopic (exact) mass is 327 g/mol. The van der Waals surface area contributed by atoms with Crippen LogP contribution in [0, 0.1) is 12.7 Å². The van der Waals surface area contributed by atoms with Gasteiger partial charge in [-0.05, 0) is 36.8 Å². The normalized spacial score (nSPS) is 10.3. The molecular weight excluding hydrogens is 316 g/mol. The van der Waals surface area contributed by atoms with E-state index in [0.29, 0.717) is 15.8 Å². The third kappa shape index (κ3) is 4.34. The molecule has 0 saturated carbocycles. The average molecular weight is 328 g/mol. The van der Waals surface area contributed by atoms with Gasteiger partial charge in [-0.1, -0.05) is 29.3 Å². The number of nitrogens with one attached hydrogen (secondary N) is 1. The van der Waals surface area contributed by atoms with Gasteiger partial charge in [0.25, 0.3) is 5.91 Å². The number of anilines is 1. The van der Waals surface area contributed by atoms with E-state index in [4.69, 9.17) is 27.9 Å². The Morgan fingerprint density at radius 3 is 2.71 bits per heavy atom. The van der Waals surface area contributed by atoms with Gasteiger partial charge in [-0.15, -0.1) is 0 Å². The maximum Gasteiger partial charge on any atom is 0.262 e. The second-order valence-electron chi connectivity index (χ2n) is 4.39. The minimum Gasteiger partial charge on any atom is -0.482 e. The van der Waals surface area contributed by atoms with Gasteiger partial charge < -0.3 is 10.1 Å². The van der Waals surface area contributed by atoms with Gasteiger partial charge in [0.2, 0.25) is 0 Å². The van der Waals surface area contributed by atoms with Crippen LogP contribution < -0.4 is 10.1 Å². The van der Waals surface area contributed by atoms with Crippen molar-refractivity contribution in [2.45, 2.75) is 6.92 Å². The number of halogens is 3. The summed E-state index contributed by atoms with van der Waals surface area (Å²) in [6.45, 7) is 1.46. The second kappa shape index (κ2) is 6.78. The molecule has 0 saturated heterocycles. The zero-order valence-electron chi connectivity index (χ0n) is 11.1. The Hall–Kier alpha value is -1.78. The summed E-state index contributed by atoms with van der Waals surface area (Å²) in [6, 6.07) is 9.21. The lowest BCUT2D eigenvalue weighted by Crippen LogP contribution is -2.20. The van der Waals surface area contributed by atoms with Crippen LogP contribution in [0.15, 0.2) is 36.4 Å². The second-order valence-corrected chi connectivity index (χ2v) is 5.24. The van der Waals surface area contributed by atoms with Gasteiger partial charge in [0.15, 0.2) is 6.61 Å². The summed E-state index contributed by atoms with van der Waals surface area (Å²) in [5.41, 5.74) is 0.874. The highest BCUT2D eigenvalue weighted by atomic mass is 35.5. The fraction of sp³-hybridized carbons (Fsp3) is 0.133. The van der Waals surface area contributed by atoms with Gasteiger partial charge in [0, 0.05) is 11.1 Å². The molecule has 0 aliphatic heterocycles. The van der Waals surface area contributed by atoms with E-state index in [1.807, 2.05) is 0 Å². The molecule has 2 aromatic rings. The van der Waals surface area contributed by atoms with Gasteiger partial charge in [0.05, 0.1) is 10.7 Å². The summed E-state index contributed by atoms with van der Waals surface area (Å²) in [7, 11) is 0. The molecule has 2 rings (SSSR count). The van der Waals surface area contributed by atoms with Crippen LogP contribution in [0.2, 0.25) is 10.0 Å². The zero-order chi connectivity index (χ0) is 15.4. The van der Waals surface area contributed by atoms with Gasteiger partial charge in [-0.2, -0.15) is 0 Å². The molecule has 0 aromatic heterocycles.